The highest BCUT2D eigenvalue weighted by Gasteiger charge is 2.35. The van der Waals surface area contributed by atoms with Crippen molar-refractivity contribution in [1.29, 1.82) is 0 Å². The lowest BCUT2D eigenvalue weighted by molar-refractivity contribution is 0.0932. The molecule has 1 unspecified atom stereocenters. The molecule has 3 aromatic rings. The molecule has 0 radical (unpaired) electrons. The van der Waals surface area contributed by atoms with Gasteiger partial charge in [-0.15, -0.1) is 0 Å². The first-order valence-corrected chi connectivity index (χ1v) is 9.13. The van der Waals surface area contributed by atoms with Crippen molar-refractivity contribution in [3.05, 3.63) is 70.7 Å². The van der Waals surface area contributed by atoms with Crippen LogP contribution in [0.3, 0.4) is 0 Å². The van der Waals surface area contributed by atoms with Crippen molar-refractivity contribution in [3.8, 4) is 0 Å². The minimum absolute atomic E-state index is 0.0305. The average Bonchev–Trinajstić information content (AvgIpc) is 3.45. The number of nitrogens with zero attached hydrogens (tertiary/aromatic N) is 2. The minimum atomic E-state index is -0.0481. The molecule has 26 heavy (non-hydrogen) atoms. The Kier molecular flexibility index (Phi) is 4.19. The van der Waals surface area contributed by atoms with Crippen LogP contribution in [0.15, 0.2) is 42.6 Å². The van der Waals surface area contributed by atoms with E-state index in [4.69, 9.17) is 0 Å². The lowest BCUT2D eigenvalue weighted by atomic mass is 10.0. The van der Waals surface area contributed by atoms with Crippen molar-refractivity contribution in [1.82, 2.24) is 15.3 Å². The average molecular weight is 345 g/mol. The van der Waals surface area contributed by atoms with E-state index in [9.17, 15) is 4.79 Å². The summed E-state index contributed by atoms with van der Waals surface area (Å²) in [5.41, 5.74) is 5.62. The van der Waals surface area contributed by atoms with Crippen molar-refractivity contribution < 1.29 is 4.79 Å². The van der Waals surface area contributed by atoms with Crippen molar-refractivity contribution >= 4 is 16.8 Å². The summed E-state index contributed by atoms with van der Waals surface area (Å²) in [6.45, 7) is 6.02. The Labute approximate surface area is 153 Å². The van der Waals surface area contributed by atoms with Crippen LogP contribution in [0.25, 0.3) is 10.9 Å². The Morgan fingerprint density at radius 1 is 1.15 bits per heavy atom. The molecule has 0 saturated heterocycles. The number of hydrogen-bond donors (Lipinski definition) is 1. The molecule has 4 nitrogen and oxygen atoms in total. The second-order valence-corrected chi connectivity index (χ2v) is 7.33. The molecule has 2 heterocycles. The van der Waals surface area contributed by atoms with E-state index in [1.807, 2.05) is 44.2 Å². The van der Waals surface area contributed by atoms with Crippen LogP contribution in [0.2, 0.25) is 0 Å². The number of fused-ring (bicyclic) bond motifs is 1. The van der Waals surface area contributed by atoms with Gasteiger partial charge in [0.25, 0.3) is 5.91 Å². The third kappa shape index (κ3) is 3.19. The predicted molar refractivity (Wildman–Crippen MR) is 103 cm³/mol. The van der Waals surface area contributed by atoms with E-state index < -0.39 is 0 Å². The van der Waals surface area contributed by atoms with Crippen LogP contribution >= 0.6 is 0 Å². The number of aromatic nitrogens is 2. The number of carbonyl (C=O) groups excluding carboxylic acids is 1. The summed E-state index contributed by atoms with van der Waals surface area (Å²) in [6, 6.07) is 11.9. The Hall–Kier alpha value is -2.75. The lowest BCUT2D eigenvalue weighted by Gasteiger charge is -2.20. The van der Waals surface area contributed by atoms with Gasteiger partial charge in [-0.25, -0.2) is 0 Å². The Balaban J connectivity index is 1.72. The van der Waals surface area contributed by atoms with Crippen LogP contribution < -0.4 is 5.32 Å². The highest BCUT2D eigenvalue weighted by Crippen LogP contribution is 2.41. The van der Waals surface area contributed by atoms with Crippen molar-refractivity contribution in [2.45, 2.75) is 39.7 Å². The molecule has 1 amide bonds. The van der Waals surface area contributed by atoms with Crippen molar-refractivity contribution in [2.75, 3.05) is 0 Å². The summed E-state index contributed by atoms with van der Waals surface area (Å²) in [5, 5.41) is 4.17. The summed E-state index contributed by atoms with van der Waals surface area (Å²) in [6.07, 6.45) is 4.07. The maximum Gasteiger partial charge on any atom is 0.252 e. The van der Waals surface area contributed by atoms with Gasteiger partial charge in [0.15, 0.2) is 0 Å². The van der Waals surface area contributed by atoms with Gasteiger partial charge in [-0.05, 0) is 69.4 Å². The fourth-order valence-corrected chi connectivity index (χ4v) is 3.54. The van der Waals surface area contributed by atoms with Crippen LogP contribution in [0, 0.1) is 26.7 Å². The van der Waals surface area contributed by atoms with Crippen LogP contribution in [-0.2, 0) is 0 Å². The number of amides is 1. The predicted octanol–water partition coefficient (Wildman–Crippen LogP) is 4.44. The third-order valence-electron chi connectivity index (χ3n) is 5.06. The normalized spacial score (nSPS) is 15.0. The maximum atomic E-state index is 13.2. The summed E-state index contributed by atoms with van der Waals surface area (Å²) in [7, 11) is 0. The number of aryl methyl sites for hydroxylation is 3. The van der Waals surface area contributed by atoms with E-state index in [0.717, 1.165) is 46.3 Å². The molecule has 1 N–H and O–H groups in total. The zero-order valence-electron chi connectivity index (χ0n) is 15.4. The van der Waals surface area contributed by atoms with Crippen molar-refractivity contribution in [2.24, 2.45) is 5.92 Å². The first-order chi connectivity index (χ1) is 12.5. The van der Waals surface area contributed by atoms with Gasteiger partial charge in [0.1, 0.15) is 0 Å². The molecule has 1 fully saturated rings. The molecule has 0 aliphatic heterocycles. The fraction of sp³-hybridized carbons (Fsp3) is 0.318. The molecule has 1 saturated carbocycles. The van der Waals surface area contributed by atoms with Crippen LogP contribution in [0.4, 0.5) is 0 Å². The first-order valence-electron chi connectivity index (χ1n) is 9.13. The SMILES string of the molecule is Cc1ccc2nc(C)cc(C(=O)NC(c3ncccc3C)C3CC3)c2c1. The second kappa shape index (κ2) is 6.52. The van der Waals surface area contributed by atoms with E-state index in [1.165, 1.54) is 0 Å². The summed E-state index contributed by atoms with van der Waals surface area (Å²) in [4.78, 5) is 22.3. The monoisotopic (exact) mass is 345 g/mol. The minimum Gasteiger partial charge on any atom is -0.343 e. The van der Waals surface area contributed by atoms with Gasteiger partial charge < -0.3 is 5.32 Å². The smallest absolute Gasteiger partial charge is 0.252 e. The van der Waals surface area contributed by atoms with Gasteiger partial charge in [0, 0.05) is 17.3 Å². The third-order valence-corrected chi connectivity index (χ3v) is 5.06. The highest BCUT2D eigenvalue weighted by atomic mass is 16.1. The van der Waals surface area contributed by atoms with E-state index in [1.54, 1.807) is 6.20 Å². The Morgan fingerprint density at radius 3 is 2.69 bits per heavy atom. The molecule has 1 aliphatic rings. The topological polar surface area (TPSA) is 54.9 Å². The quantitative estimate of drug-likeness (QED) is 0.761. The number of carbonyl (C=O) groups is 1. The maximum absolute atomic E-state index is 13.2. The molecule has 1 aromatic carbocycles. The molecule has 132 valence electrons. The molecule has 0 bridgehead atoms. The molecule has 4 heteroatoms. The van der Waals surface area contributed by atoms with Crippen LogP contribution in [-0.4, -0.2) is 15.9 Å². The number of rotatable bonds is 4. The van der Waals surface area contributed by atoms with E-state index >= 15 is 0 Å². The summed E-state index contributed by atoms with van der Waals surface area (Å²) >= 11 is 0. The van der Waals surface area contributed by atoms with E-state index in [2.05, 4.69) is 28.3 Å². The number of nitrogens with one attached hydrogen (secondary N) is 1. The summed E-state index contributed by atoms with van der Waals surface area (Å²) < 4.78 is 0. The molecule has 2 aromatic heterocycles. The van der Waals surface area contributed by atoms with Gasteiger partial charge in [0.2, 0.25) is 0 Å². The molecular weight excluding hydrogens is 322 g/mol. The van der Waals surface area contributed by atoms with E-state index in [-0.39, 0.29) is 11.9 Å². The number of pyridine rings is 2. The van der Waals surface area contributed by atoms with Gasteiger partial charge in [-0.1, -0.05) is 17.7 Å². The zero-order valence-corrected chi connectivity index (χ0v) is 15.4. The number of benzene rings is 1. The Bertz CT molecular complexity index is 992. The molecular formula is C22H23N3O. The zero-order chi connectivity index (χ0) is 18.3. The van der Waals surface area contributed by atoms with Gasteiger partial charge in [-0.3, -0.25) is 14.8 Å². The van der Waals surface area contributed by atoms with Gasteiger partial charge >= 0.3 is 0 Å². The highest BCUT2D eigenvalue weighted by molar-refractivity contribution is 6.06. The van der Waals surface area contributed by atoms with Crippen LogP contribution in [0.5, 0.6) is 0 Å². The standard InChI is InChI=1S/C22H23N3O/c1-13-6-9-19-17(11-13)18(12-15(3)24-19)22(26)25-21(16-7-8-16)20-14(2)5-4-10-23-20/h4-6,9-12,16,21H,7-8H2,1-3H3,(H,25,26). The second-order valence-electron chi connectivity index (χ2n) is 7.33. The number of hydrogen-bond acceptors (Lipinski definition) is 3. The fourth-order valence-electron chi connectivity index (χ4n) is 3.54. The van der Waals surface area contributed by atoms with Gasteiger partial charge in [0.05, 0.1) is 22.8 Å². The molecule has 4 rings (SSSR count). The van der Waals surface area contributed by atoms with Crippen LogP contribution in [0.1, 0.15) is 51.8 Å². The molecule has 1 atom stereocenters. The van der Waals surface area contributed by atoms with Crippen molar-refractivity contribution in [3.63, 3.8) is 0 Å². The van der Waals surface area contributed by atoms with E-state index in [0.29, 0.717) is 11.5 Å². The Morgan fingerprint density at radius 2 is 1.96 bits per heavy atom. The van der Waals surface area contributed by atoms with Gasteiger partial charge in [-0.2, -0.15) is 0 Å². The summed E-state index contributed by atoms with van der Waals surface area (Å²) in [5.74, 6) is 0.427. The largest absolute Gasteiger partial charge is 0.343 e. The molecule has 0 spiro atoms. The lowest BCUT2D eigenvalue weighted by Crippen LogP contribution is -2.31. The first kappa shape index (κ1) is 16.7. The molecule has 1 aliphatic carbocycles.